The van der Waals surface area contributed by atoms with Gasteiger partial charge in [-0.1, -0.05) is 6.92 Å². The standard InChI is InChI=1S/C12H18FN3O2/c1-3-4-14-5-6-15-11-7-9(2)10(13)8-12(11)16(17)18/h7-8,14-15H,3-6H2,1-2H3. The Balaban J connectivity index is 2.68. The third-order valence-electron chi connectivity index (χ3n) is 2.52. The van der Waals surface area contributed by atoms with Crippen LogP contribution in [0.1, 0.15) is 18.9 Å². The zero-order valence-electron chi connectivity index (χ0n) is 10.6. The van der Waals surface area contributed by atoms with E-state index < -0.39 is 10.7 Å². The molecule has 5 nitrogen and oxygen atoms in total. The van der Waals surface area contributed by atoms with Gasteiger partial charge in [-0.05, 0) is 31.5 Å². The average molecular weight is 255 g/mol. The van der Waals surface area contributed by atoms with Gasteiger partial charge in [0.25, 0.3) is 5.69 Å². The number of nitro benzene ring substituents is 1. The van der Waals surface area contributed by atoms with Crippen LogP contribution in [0.15, 0.2) is 12.1 Å². The lowest BCUT2D eigenvalue weighted by Crippen LogP contribution is -2.23. The molecule has 0 spiro atoms. The Hall–Kier alpha value is -1.69. The predicted octanol–water partition coefficient (Wildman–Crippen LogP) is 2.45. The Kier molecular flexibility index (Phi) is 5.51. The van der Waals surface area contributed by atoms with E-state index in [1.807, 2.05) is 0 Å². The van der Waals surface area contributed by atoms with Crippen molar-refractivity contribution in [2.24, 2.45) is 0 Å². The zero-order valence-corrected chi connectivity index (χ0v) is 10.6. The molecule has 1 aromatic rings. The summed E-state index contributed by atoms with van der Waals surface area (Å²) in [4.78, 5) is 10.2. The number of benzene rings is 1. The molecule has 100 valence electrons. The molecular formula is C12H18FN3O2. The van der Waals surface area contributed by atoms with Crippen LogP contribution in [0.4, 0.5) is 15.8 Å². The Morgan fingerprint density at radius 2 is 2.06 bits per heavy atom. The molecule has 0 aliphatic carbocycles. The predicted molar refractivity (Wildman–Crippen MR) is 69.4 cm³/mol. The fraction of sp³-hybridized carbons (Fsp3) is 0.500. The molecule has 0 saturated carbocycles. The minimum atomic E-state index is -0.579. The summed E-state index contributed by atoms with van der Waals surface area (Å²) in [7, 11) is 0. The Bertz CT molecular complexity index is 424. The number of hydrogen-bond donors (Lipinski definition) is 2. The lowest BCUT2D eigenvalue weighted by molar-refractivity contribution is -0.384. The first-order valence-electron chi connectivity index (χ1n) is 5.95. The number of nitro groups is 1. The minimum Gasteiger partial charge on any atom is -0.378 e. The van der Waals surface area contributed by atoms with Crippen molar-refractivity contribution < 1.29 is 9.31 Å². The summed E-state index contributed by atoms with van der Waals surface area (Å²) in [6, 6.07) is 2.42. The van der Waals surface area contributed by atoms with Gasteiger partial charge in [0, 0.05) is 13.1 Å². The summed E-state index contributed by atoms with van der Waals surface area (Å²) in [5.74, 6) is -0.559. The molecule has 0 aliphatic rings. The molecule has 2 N–H and O–H groups in total. The van der Waals surface area contributed by atoms with Crippen molar-refractivity contribution in [2.75, 3.05) is 25.0 Å². The Morgan fingerprint density at radius 1 is 1.33 bits per heavy atom. The Labute approximate surface area is 106 Å². The molecule has 0 aliphatic heterocycles. The van der Waals surface area contributed by atoms with Gasteiger partial charge in [0.2, 0.25) is 0 Å². The van der Waals surface area contributed by atoms with Gasteiger partial charge in [-0.2, -0.15) is 0 Å². The number of halogens is 1. The van der Waals surface area contributed by atoms with Gasteiger partial charge in [-0.25, -0.2) is 4.39 Å². The number of nitrogens with one attached hydrogen (secondary N) is 2. The second-order valence-electron chi connectivity index (χ2n) is 4.05. The molecule has 18 heavy (non-hydrogen) atoms. The van der Waals surface area contributed by atoms with Gasteiger partial charge >= 0.3 is 0 Å². The van der Waals surface area contributed by atoms with E-state index in [0.29, 0.717) is 24.3 Å². The molecule has 1 rings (SSSR count). The van der Waals surface area contributed by atoms with Crippen molar-refractivity contribution in [1.29, 1.82) is 0 Å². The van der Waals surface area contributed by atoms with Gasteiger partial charge in [0.1, 0.15) is 11.5 Å². The van der Waals surface area contributed by atoms with E-state index >= 15 is 0 Å². The molecule has 0 fully saturated rings. The maximum absolute atomic E-state index is 13.3. The maximum atomic E-state index is 13.3. The summed E-state index contributed by atoms with van der Waals surface area (Å²) >= 11 is 0. The van der Waals surface area contributed by atoms with Crippen LogP contribution in [0.3, 0.4) is 0 Å². The van der Waals surface area contributed by atoms with Crippen LogP contribution in [-0.4, -0.2) is 24.6 Å². The molecule has 0 bridgehead atoms. The number of rotatable bonds is 7. The van der Waals surface area contributed by atoms with E-state index in [0.717, 1.165) is 19.0 Å². The normalized spacial score (nSPS) is 10.4. The lowest BCUT2D eigenvalue weighted by Gasteiger charge is -2.09. The van der Waals surface area contributed by atoms with Crippen LogP contribution >= 0.6 is 0 Å². The highest BCUT2D eigenvalue weighted by Gasteiger charge is 2.16. The molecule has 0 heterocycles. The van der Waals surface area contributed by atoms with Crippen LogP contribution in [0.25, 0.3) is 0 Å². The zero-order chi connectivity index (χ0) is 13.5. The molecule has 1 aromatic carbocycles. The van der Waals surface area contributed by atoms with Gasteiger partial charge in [0.05, 0.1) is 11.0 Å². The molecule has 6 heteroatoms. The van der Waals surface area contributed by atoms with Gasteiger partial charge < -0.3 is 10.6 Å². The van der Waals surface area contributed by atoms with E-state index in [4.69, 9.17) is 0 Å². The van der Waals surface area contributed by atoms with Crippen molar-refractivity contribution in [1.82, 2.24) is 5.32 Å². The molecule has 0 atom stereocenters. The van der Waals surface area contributed by atoms with Crippen LogP contribution < -0.4 is 10.6 Å². The average Bonchev–Trinajstić information content (AvgIpc) is 2.32. The number of hydrogen-bond acceptors (Lipinski definition) is 4. The third kappa shape index (κ3) is 3.96. The molecule has 0 amide bonds. The fourth-order valence-electron chi connectivity index (χ4n) is 1.55. The van der Waals surface area contributed by atoms with E-state index in [-0.39, 0.29) is 5.69 Å². The summed E-state index contributed by atoms with van der Waals surface area (Å²) in [5.41, 5.74) is 0.524. The van der Waals surface area contributed by atoms with Crippen LogP contribution in [0, 0.1) is 22.9 Å². The molecule has 0 saturated heterocycles. The molecule has 0 unspecified atom stereocenters. The second-order valence-corrected chi connectivity index (χ2v) is 4.05. The van der Waals surface area contributed by atoms with E-state index in [9.17, 15) is 14.5 Å². The first-order chi connectivity index (χ1) is 8.56. The molecule has 0 radical (unpaired) electrons. The van der Waals surface area contributed by atoms with E-state index in [1.54, 1.807) is 6.92 Å². The van der Waals surface area contributed by atoms with Crippen molar-refractivity contribution in [2.45, 2.75) is 20.3 Å². The monoisotopic (exact) mass is 255 g/mol. The summed E-state index contributed by atoms with van der Waals surface area (Å²) in [6.07, 6.45) is 1.04. The quantitative estimate of drug-likeness (QED) is 0.446. The van der Waals surface area contributed by atoms with E-state index in [1.165, 1.54) is 6.07 Å². The Morgan fingerprint density at radius 3 is 2.67 bits per heavy atom. The van der Waals surface area contributed by atoms with Gasteiger partial charge in [0.15, 0.2) is 0 Å². The second kappa shape index (κ2) is 6.90. The number of nitrogens with zero attached hydrogens (tertiary/aromatic N) is 1. The SMILES string of the molecule is CCCNCCNc1cc(C)c(F)cc1[N+](=O)[O-]. The van der Waals surface area contributed by atoms with Gasteiger partial charge in [-0.15, -0.1) is 0 Å². The molecule has 0 aromatic heterocycles. The summed E-state index contributed by atoms with van der Waals surface area (Å²) in [6.45, 7) is 5.83. The maximum Gasteiger partial charge on any atom is 0.295 e. The summed E-state index contributed by atoms with van der Waals surface area (Å²) < 4.78 is 13.3. The fourth-order valence-corrected chi connectivity index (χ4v) is 1.55. The third-order valence-corrected chi connectivity index (χ3v) is 2.52. The van der Waals surface area contributed by atoms with E-state index in [2.05, 4.69) is 17.6 Å². The minimum absolute atomic E-state index is 0.228. The van der Waals surface area contributed by atoms with Gasteiger partial charge in [-0.3, -0.25) is 10.1 Å². The lowest BCUT2D eigenvalue weighted by atomic mass is 10.2. The smallest absolute Gasteiger partial charge is 0.295 e. The van der Waals surface area contributed by atoms with Crippen LogP contribution in [-0.2, 0) is 0 Å². The van der Waals surface area contributed by atoms with Crippen LogP contribution in [0.2, 0.25) is 0 Å². The number of aryl methyl sites for hydroxylation is 1. The number of anilines is 1. The van der Waals surface area contributed by atoms with Crippen molar-refractivity contribution in [3.63, 3.8) is 0 Å². The topological polar surface area (TPSA) is 67.2 Å². The highest BCUT2D eigenvalue weighted by atomic mass is 19.1. The summed E-state index contributed by atoms with van der Waals surface area (Å²) in [5, 5.41) is 16.9. The van der Waals surface area contributed by atoms with Crippen molar-refractivity contribution in [3.05, 3.63) is 33.6 Å². The molecular weight excluding hydrogens is 237 g/mol. The van der Waals surface area contributed by atoms with Crippen molar-refractivity contribution >= 4 is 11.4 Å². The first kappa shape index (κ1) is 14.4. The first-order valence-corrected chi connectivity index (χ1v) is 5.95. The largest absolute Gasteiger partial charge is 0.378 e. The van der Waals surface area contributed by atoms with Crippen molar-refractivity contribution in [3.8, 4) is 0 Å². The highest BCUT2D eigenvalue weighted by molar-refractivity contribution is 5.63. The van der Waals surface area contributed by atoms with Crippen LogP contribution in [0.5, 0.6) is 0 Å². The highest BCUT2D eigenvalue weighted by Crippen LogP contribution is 2.27.